The van der Waals surface area contributed by atoms with Gasteiger partial charge in [-0.05, 0) is 19.3 Å². The van der Waals surface area contributed by atoms with Crippen molar-refractivity contribution < 1.29 is 9.66 Å². The number of nitrogens with zero attached hydrogens (tertiary/aromatic N) is 3. The van der Waals surface area contributed by atoms with Crippen LogP contribution in [0.3, 0.4) is 0 Å². The van der Waals surface area contributed by atoms with Crippen LogP contribution in [0.15, 0.2) is 6.33 Å². The summed E-state index contributed by atoms with van der Waals surface area (Å²) < 4.78 is 5.45. The molecule has 0 aliphatic carbocycles. The lowest BCUT2D eigenvalue weighted by Crippen LogP contribution is -2.12. The summed E-state index contributed by atoms with van der Waals surface area (Å²) in [5, 5.41) is 17.0. The van der Waals surface area contributed by atoms with Gasteiger partial charge in [0.1, 0.15) is 6.33 Å². The second kappa shape index (κ2) is 9.06. The van der Waals surface area contributed by atoms with E-state index in [9.17, 15) is 10.1 Å². The Morgan fingerprint density at radius 2 is 2.00 bits per heavy atom. The molecule has 1 heterocycles. The standard InChI is InChI=1S/C13H23N5O3/c1-4-14-12-11(18(19)20)13(17-9-16-12)15-6-5-7-21-8-10(2)3/h9-10H,4-8H2,1-3H3,(H2,14,15,16,17). The van der Waals surface area contributed by atoms with Crippen molar-refractivity contribution in [1.82, 2.24) is 9.97 Å². The number of rotatable bonds is 10. The maximum Gasteiger partial charge on any atom is 0.353 e. The van der Waals surface area contributed by atoms with Crippen molar-refractivity contribution in [2.45, 2.75) is 27.2 Å². The van der Waals surface area contributed by atoms with Gasteiger partial charge >= 0.3 is 5.69 Å². The zero-order chi connectivity index (χ0) is 15.7. The van der Waals surface area contributed by atoms with Crippen LogP contribution in [0, 0.1) is 16.0 Å². The fourth-order valence-electron chi connectivity index (χ4n) is 1.68. The van der Waals surface area contributed by atoms with Crippen LogP contribution in [0.25, 0.3) is 0 Å². The molecule has 0 amide bonds. The highest BCUT2D eigenvalue weighted by Crippen LogP contribution is 2.28. The van der Waals surface area contributed by atoms with Gasteiger partial charge in [0.25, 0.3) is 0 Å². The zero-order valence-corrected chi connectivity index (χ0v) is 12.8. The van der Waals surface area contributed by atoms with E-state index in [-0.39, 0.29) is 17.3 Å². The number of hydrogen-bond acceptors (Lipinski definition) is 7. The van der Waals surface area contributed by atoms with E-state index in [1.54, 1.807) is 0 Å². The fourth-order valence-corrected chi connectivity index (χ4v) is 1.68. The lowest BCUT2D eigenvalue weighted by atomic mass is 10.2. The first-order valence-electron chi connectivity index (χ1n) is 7.11. The molecule has 1 rings (SSSR count). The minimum Gasteiger partial charge on any atom is -0.381 e. The van der Waals surface area contributed by atoms with Crippen LogP contribution in [0.4, 0.5) is 17.3 Å². The molecule has 1 aromatic rings. The van der Waals surface area contributed by atoms with Crippen molar-refractivity contribution in [2.24, 2.45) is 5.92 Å². The Balaban J connectivity index is 2.54. The molecular formula is C13H23N5O3. The van der Waals surface area contributed by atoms with E-state index in [0.29, 0.717) is 25.6 Å². The Hall–Kier alpha value is -1.96. The van der Waals surface area contributed by atoms with Crippen LogP contribution in [0.2, 0.25) is 0 Å². The van der Waals surface area contributed by atoms with E-state index in [2.05, 4.69) is 34.4 Å². The third kappa shape index (κ3) is 5.90. The number of aromatic nitrogens is 2. The van der Waals surface area contributed by atoms with Crippen molar-refractivity contribution >= 4 is 17.3 Å². The van der Waals surface area contributed by atoms with E-state index in [1.807, 2.05) is 6.92 Å². The molecule has 0 aliphatic rings. The molecule has 21 heavy (non-hydrogen) atoms. The first kappa shape index (κ1) is 17.1. The number of nitro groups is 1. The Morgan fingerprint density at radius 3 is 2.57 bits per heavy atom. The molecule has 0 aliphatic heterocycles. The van der Waals surface area contributed by atoms with Gasteiger partial charge in [-0.2, -0.15) is 0 Å². The Bertz CT molecular complexity index is 453. The van der Waals surface area contributed by atoms with E-state index >= 15 is 0 Å². The van der Waals surface area contributed by atoms with Gasteiger partial charge in [-0.3, -0.25) is 10.1 Å². The molecule has 2 N–H and O–H groups in total. The smallest absolute Gasteiger partial charge is 0.353 e. The minimum atomic E-state index is -0.477. The van der Waals surface area contributed by atoms with Gasteiger partial charge in [0.15, 0.2) is 0 Å². The molecule has 0 radical (unpaired) electrons. The molecule has 0 bridgehead atoms. The van der Waals surface area contributed by atoms with Crippen molar-refractivity contribution in [3.8, 4) is 0 Å². The fraction of sp³-hybridized carbons (Fsp3) is 0.692. The lowest BCUT2D eigenvalue weighted by molar-refractivity contribution is -0.383. The normalized spacial score (nSPS) is 10.7. The second-order valence-electron chi connectivity index (χ2n) is 4.96. The predicted octanol–water partition coefficient (Wildman–Crippen LogP) is 2.29. The van der Waals surface area contributed by atoms with Gasteiger partial charge in [0.2, 0.25) is 11.6 Å². The summed E-state index contributed by atoms with van der Waals surface area (Å²) in [5.41, 5.74) is -0.123. The van der Waals surface area contributed by atoms with E-state index in [4.69, 9.17) is 4.74 Å². The highest BCUT2D eigenvalue weighted by Gasteiger charge is 2.21. The summed E-state index contributed by atoms with van der Waals surface area (Å²) in [6.07, 6.45) is 2.06. The molecule has 118 valence electrons. The van der Waals surface area contributed by atoms with Gasteiger partial charge in [-0.15, -0.1) is 0 Å². The van der Waals surface area contributed by atoms with Gasteiger partial charge < -0.3 is 15.4 Å². The Kier molecular flexibility index (Phi) is 7.38. The molecular weight excluding hydrogens is 274 g/mol. The molecule has 0 aromatic carbocycles. The van der Waals surface area contributed by atoms with E-state index < -0.39 is 4.92 Å². The van der Waals surface area contributed by atoms with Crippen LogP contribution in [-0.4, -0.2) is 41.2 Å². The molecule has 0 fully saturated rings. The van der Waals surface area contributed by atoms with Gasteiger partial charge in [-0.1, -0.05) is 13.8 Å². The van der Waals surface area contributed by atoms with Crippen LogP contribution in [0.1, 0.15) is 27.2 Å². The Labute approximate surface area is 124 Å². The summed E-state index contributed by atoms with van der Waals surface area (Å²) in [4.78, 5) is 18.5. The number of nitrogens with one attached hydrogen (secondary N) is 2. The third-order valence-electron chi connectivity index (χ3n) is 2.56. The monoisotopic (exact) mass is 297 g/mol. The predicted molar refractivity (Wildman–Crippen MR) is 81.6 cm³/mol. The van der Waals surface area contributed by atoms with Gasteiger partial charge in [-0.25, -0.2) is 9.97 Å². The van der Waals surface area contributed by atoms with Crippen LogP contribution < -0.4 is 10.6 Å². The number of hydrogen-bond donors (Lipinski definition) is 2. The first-order chi connectivity index (χ1) is 10.1. The zero-order valence-electron chi connectivity index (χ0n) is 12.8. The quantitative estimate of drug-likeness (QED) is 0.388. The van der Waals surface area contributed by atoms with E-state index in [1.165, 1.54) is 6.33 Å². The van der Waals surface area contributed by atoms with Crippen molar-refractivity contribution in [1.29, 1.82) is 0 Å². The summed E-state index contributed by atoms with van der Waals surface area (Å²) in [6, 6.07) is 0. The molecule has 0 atom stereocenters. The maximum absolute atomic E-state index is 11.1. The minimum absolute atomic E-state index is 0.123. The lowest BCUT2D eigenvalue weighted by Gasteiger charge is -2.10. The van der Waals surface area contributed by atoms with Gasteiger partial charge in [0.05, 0.1) is 4.92 Å². The largest absolute Gasteiger partial charge is 0.381 e. The molecule has 0 spiro atoms. The SMILES string of the molecule is CCNc1ncnc(NCCCOCC(C)C)c1[N+](=O)[O-]. The topological polar surface area (TPSA) is 102 Å². The molecule has 8 heteroatoms. The summed E-state index contributed by atoms with van der Waals surface area (Å²) in [7, 11) is 0. The summed E-state index contributed by atoms with van der Waals surface area (Å²) >= 11 is 0. The number of ether oxygens (including phenoxy) is 1. The highest BCUT2D eigenvalue weighted by atomic mass is 16.6. The molecule has 0 saturated carbocycles. The molecule has 0 saturated heterocycles. The van der Waals surface area contributed by atoms with Crippen molar-refractivity contribution in [2.75, 3.05) is 36.9 Å². The summed E-state index contributed by atoms with van der Waals surface area (Å²) in [5.74, 6) is 0.967. The first-order valence-corrected chi connectivity index (χ1v) is 7.11. The number of anilines is 2. The molecule has 8 nitrogen and oxygen atoms in total. The summed E-state index contributed by atoms with van der Waals surface area (Å²) in [6.45, 7) is 8.48. The second-order valence-corrected chi connectivity index (χ2v) is 4.96. The van der Waals surface area contributed by atoms with Crippen molar-refractivity contribution in [3.63, 3.8) is 0 Å². The highest BCUT2D eigenvalue weighted by molar-refractivity contribution is 5.69. The van der Waals surface area contributed by atoms with Crippen LogP contribution >= 0.6 is 0 Å². The van der Waals surface area contributed by atoms with E-state index in [0.717, 1.165) is 13.0 Å². The van der Waals surface area contributed by atoms with Crippen LogP contribution in [0.5, 0.6) is 0 Å². The Morgan fingerprint density at radius 1 is 1.33 bits per heavy atom. The molecule has 1 aromatic heterocycles. The average molecular weight is 297 g/mol. The maximum atomic E-state index is 11.1. The van der Waals surface area contributed by atoms with Gasteiger partial charge in [0, 0.05) is 26.3 Å². The third-order valence-corrected chi connectivity index (χ3v) is 2.56. The van der Waals surface area contributed by atoms with Crippen molar-refractivity contribution in [3.05, 3.63) is 16.4 Å². The average Bonchev–Trinajstić information content (AvgIpc) is 2.42. The molecule has 0 unspecified atom stereocenters. The van der Waals surface area contributed by atoms with Crippen LogP contribution in [-0.2, 0) is 4.74 Å².